The number of hydrogen-bond donors (Lipinski definition) is 0. The van der Waals surface area contributed by atoms with E-state index in [9.17, 15) is 0 Å². The Balaban J connectivity index is 0.951. The molecule has 0 aliphatic heterocycles. The van der Waals surface area contributed by atoms with E-state index in [0.717, 1.165) is 23.5 Å². The summed E-state index contributed by atoms with van der Waals surface area (Å²) < 4.78 is 5.18. The summed E-state index contributed by atoms with van der Waals surface area (Å²) in [4.78, 5) is 2.34. The number of fused-ring (bicyclic) bond motifs is 6. The van der Waals surface area contributed by atoms with E-state index in [1.807, 2.05) is 11.3 Å². The van der Waals surface area contributed by atoms with Crippen LogP contribution in [0.15, 0.2) is 188 Å². The summed E-state index contributed by atoms with van der Waals surface area (Å²) in [5.41, 5.74) is 11.0. The molecule has 1 atom stereocenters. The highest BCUT2D eigenvalue weighted by Crippen LogP contribution is 2.42. The third-order valence-electron chi connectivity index (χ3n) is 10.3. The molecule has 9 aromatic rings. The first-order valence-electron chi connectivity index (χ1n) is 17.6. The van der Waals surface area contributed by atoms with Crippen molar-refractivity contribution < 1.29 is 0 Å². The van der Waals surface area contributed by atoms with Crippen molar-refractivity contribution in [3.05, 3.63) is 194 Å². The summed E-state index contributed by atoms with van der Waals surface area (Å²) >= 11 is 1.88. The molecule has 0 amide bonds. The summed E-state index contributed by atoms with van der Waals surface area (Å²) in [6.07, 6.45) is 8.03. The summed E-state index contributed by atoms with van der Waals surface area (Å²) in [5.74, 6) is 0. The van der Waals surface area contributed by atoms with Gasteiger partial charge in [0, 0.05) is 59.0 Å². The number of anilines is 3. The molecule has 0 radical (unpaired) electrons. The van der Waals surface area contributed by atoms with Crippen LogP contribution in [0.25, 0.3) is 58.7 Å². The van der Waals surface area contributed by atoms with Crippen molar-refractivity contribution in [2.24, 2.45) is 0 Å². The summed E-state index contributed by atoms with van der Waals surface area (Å²) in [7, 11) is 0. The van der Waals surface area contributed by atoms with Gasteiger partial charge in [0.1, 0.15) is 0 Å². The van der Waals surface area contributed by atoms with Crippen LogP contribution in [0.1, 0.15) is 18.0 Å². The van der Waals surface area contributed by atoms with E-state index in [4.69, 9.17) is 0 Å². The van der Waals surface area contributed by atoms with Crippen molar-refractivity contribution in [2.45, 2.75) is 12.5 Å². The smallest absolute Gasteiger partial charge is 0.0560 e. The van der Waals surface area contributed by atoms with Gasteiger partial charge in [0.15, 0.2) is 0 Å². The Labute approximate surface area is 301 Å². The fourth-order valence-corrected chi connectivity index (χ4v) is 9.15. The molecule has 0 saturated heterocycles. The number of benzene rings is 7. The molecule has 0 fully saturated rings. The molecule has 0 N–H and O–H groups in total. The first-order chi connectivity index (χ1) is 25.3. The maximum Gasteiger partial charge on any atom is 0.0560 e. The predicted molar refractivity (Wildman–Crippen MR) is 220 cm³/mol. The van der Waals surface area contributed by atoms with Crippen molar-refractivity contribution in [1.29, 1.82) is 0 Å². The largest absolute Gasteiger partial charge is 0.333 e. The lowest BCUT2D eigenvalue weighted by Crippen LogP contribution is -2.10. The van der Waals surface area contributed by atoms with Crippen LogP contribution in [0, 0.1) is 0 Å². The van der Waals surface area contributed by atoms with Crippen molar-refractivity contribution in [1.82, 2.24) is 4.57 Å². The molecule has 2 heterocycles. The van der Waals surface area contributed by atoms with Gasteiger partial charge in [-0.2, -0.15) is 0 Å². The van der Waals surface area contributed by atoms with Gasteiger partial charge in [0.05, 0.1) is 6.04 Å². The van der Waals surface area contributed by atoms with Crippen LogP contribution in [-0.2, 0) is 0 Å². The zero-order valence-corrected chi connectivity index (χ0v) is 28.8. The lowest BCUT2D eigenvalue weighted by molar-refractivity contribution is 0.649. The molecule has 242 valence electrons. The van der Waals surface area contributed by atoms with E-state index >= 15 is 0 Å². The van der Waals surface area contributed by atoms with Crippen molar-refractivity contribution in [2.75, 3.05) is 4.90 Å². The average Bonchev–Trinajstić information content (AvgIpc) is 3.75. The van der Waals surface area contributed by atoms with E-state index in [-0.39, 0.29) is 6.04 Å². The monoisotopic (exact) mass is 670 g/mol. The Hall–Kier alpha value is -6.16. The quantitative estimate of drug-likeness (QED) is 0.171. The second-order valence-corrected chi connectivity index (χ2v) is 14.3. The highest BCUT2D eigenvalue weighted by atomic mass is 32.1. The number of para-hydroxylation sites is 3. The SMILES string of the molecule is C1=CC(n2c3ccccc3c3ccccc32)CC=C1c1ccc(N(c2ccccc2)c2ccc(-c3cccc4c3sc3ccccc34)cc2)cc1. The number of aromatic nitrogens is 1. The number of nitrogens with zero attached hydrogens (tertiary/aromatic N) is 2. The van der Waals surface area contributed by atoms with Gasteiger partial charge < -0.3 is 9.47 Å². The fourth-order valence-electron chi connectivity index (χ4n) is 7.92. The van der Waals surface area contributed by atoms with Crippen LogP contribution in [0.3, 0.4) is 0 Å². The third-order valence-corrected chi connectivity index (χ3v) is 11.6. The van der Waals surface area contributed by atoms with Crippen molar-refractivity contribution in [3.8, 4) is 11.1 Å². The molecular formula is C48H34N2S. The van der Waals surface area contributed by atoms with Gasteiger partial charge in [-0.15, -0.1) is 11.3 Å². The van der Waals surface area contributed by atoms with Crippen LogP contribution in [0.5, 0.6) is 0 Å². The zero-order valence-electron chi connectivity index (χ0n) is 28.0. The molecule has 0 saturated carbocycles. The molecular weight excluding hydrogens is 637 g/mol. The van der Waals surface area contributed by atoms with E-state index in [1.54, 1.807) is 0 Å². The fraction of sp³-hybridized carbons (Fsp3) is 0.0417. The molecule has 1 aliphatic carbocycles. The molecule has 0 spiro atoms. The summed E-state index contributed by atoms with van der Waals surface area (Å²) in [6, 6.07) is 62.0. The molecule has 3 heteroatoms. The van der Waals surface area contributed by atoms with Gasteiger partial charge in [-0.05, 0) is 83.3 Å². The topological polar surface area (TPSA) is 8.17 Å². The van der Waals surface area contributed by atoms with Gasteiger partial charge in [0.25, 0.3) is 0 Å². The molecule has 0 bridgehead atoms. The van der Waals surface area contributed by atoms with Gasteiger partial charge in [0.2, 0.25) is 0 Å². The molecule has 2 aromatic heterocycles. The van der Waals surface area contributed by atoms with E-state index < -0.39 is 0 Å². The lowest BCUT2D eigenvalue weighted by atomic mass is 9.96. The standard InChI is InChI=1S/C48H34N2S/c1-2-11-36(12-3-1)49(38-31-25-35(26-32-38)40-16-10-17-44-43-15-6-9-20-47(43)51-48(40)44)37-27-21-33(22-28-37)34-23-29-39(30-24-34)50-45-18-7-4-13-41(45)42-14-5-8-19-46(42)50/h1-29,31-32,39H,30H2. The minimum absolute atomic E-state index is 0.278. The Morgan fingerprint density at radius 2 is 1.06 bits per heavy atom. The maximum absolute atomic E-state index is 2.50. The van der Waals surface area contributed by atoms with Crippen LogP contribution >= 0.6 is 11.3 Å². The zero-order chi connectivity index (χ0) is 33.7. The summed E-state index contributed by atoms with van der Waals surface area (Å²) in [5, 5.41) is 5.29. The predicted octanol–water partition coefficient (Wildman–Crippen LogP) is 13.9. The number of thiophene rings is 1. The van der Waals surface area contributed by atoms with Crippen LogP contribution in [-0.4, -0.2) is 4.57 Å². The summed E-state index contributed by atoms with van der Waals surface area (Å²) in [6.45, 7) is 0. The highest BCUT2D eigenvalue weighted by Gasteiger charge is 2.19. The first-order valence-corrected chi connectivity index (χ1v) is 18.4. The normalized spacial score (nSPS) is 14.4. The van der Waals surface area contributed by atoms with Crippen LogP contribution in [0.2, 0.25) is 0 Å². The Morgan fingerprint density at radius 1 is 0.490 bits per heavy atom. The Kier molecular flexibility index (Phi) is 7.18. The molecule has 1 unspecified atom stereocenters. The molecule has 1 aliphatic rings. The van der Waals surface area contributed by atoms with Crippen LogP contribution < -0.4 is 4.90 Å². The van der Waals surface area contributed by atoms with Crippen LogP contribution in [0.4, 0.5) is 17.1 Å². The second kappa shape index (κ2) is 12.3. The number of allylic oxidation sites excluding steroid dienone is 4. The number of rotatable bonds is 6. The first kappa shape index (κ1) is 29.7. The Morgan fingerprint density at radius 3 is 1.73 bits per heavy atom. The van der Waals surface area contributed by atoms with Gasteiger partial charge in [-0.1, -0.05) is 133 Å². The third kappa shape index (κ3) is 5.09. The highest BCUT2D eigenvalue weighted by molar-refractivity contribution is 7.26. The van der Waals surface area contributed by atoms with E-state index in [0.29, 0.717) is 0 Å². The van der Waals surface area contributed by atoms with E-state index in [2.05, 4.69) is 198 Å². The van der Waals surface area contributed by atoms with Crippen molar-refractivity contribution in [3.63, 3.8) is 0 Å². The van der Waals surface area contributed by atoms with Gasteiger partial charge >= 0.3 is 0 Å². The minimum atomic E-state index is 0.278. The van der Waals surface area contributed by atoms with Gasteiger partial charge in [-0.25, -0.2) is 0 Å². The molecule has 10 rings (SSSR count). The van der Waals surface area contributed by atoms with E-state index in [1.165, 1.54) is 64.2 Å². The molecule has 7 aromatic carbocycles. The average molecular weight is 671 g/mol. The van der Waals surface area contributed by atoms with Gasteiger partial charge in [-0.3, -0.25) is 0 Å². The lowest BCUT2D eigenvalue weighted by Gasteiger charge is -2.26. The Bertz CT molecular complexity index is 2710. The maximum atomic E-state index is 2.50. The van der Waals surface area contributed by atoms with Crippen molar-refractivity contribution >= 4 is 76.0 Å². The molecule has 2 nitrogen and oxygen atoms in total. The second-order valence-electron chi connectivity index (χ2n) is 13.3. The minimum Gasteiger partial charge on any atom is -0.333 e. The molecule has 51 heavy (non-hydrogen) atoms. The number of hydrogen-bond acceptors (Lipinski definition) is 2.